The first-order chi connectivity index (χ1) is 11.0. The van der Waals surface area contributed by atoms with Crippen LogP contribution in [0.4, 0.5) is 0 Å². The van der Waals surface area contributed by atoms with Crippen molar-refractivity contribution in [3.8, 4) is 0 Å². The molecule has 1 rings (SSSR count). The highest BCUT2D eigenvalue weighted by molar-refractivity contribution is 14.0. The maximum atomic E-state index is 12.2. The highest BCUT2D eigenvalue weighted by atomic mass is 127. The number of aliphatic imine (C=N–C) groups is 1. The molecule has 2 atom stereocenters. The summed E-state index contributed by atoms with van der Waals surface area (Å²) >= 11 is 0. The molecular formula is C17H37IN4O2S. The standard InChI is InChI=1S/C17H36N4O2S.HI/c1-8-18-16(19-9-10-24(22,23)17(5,6)7)20-15-12-21(13(2)3)11-14(15)4;/h13-15H,8-12H2,1-7H3,(H2,18,19,20);1H. The number of halogens is 1. The van der Waals surface area contributed by atoms with E-state index in [1.54, 1.807) is 20.8 Å². The van der Waals surface area contributed by atoms with Crippen LogP contribution in [0, 0.1) is 5.92 Å². The average Bonchev–Trinajstić information content (AvgIpc) is 2.79. The van der Waals surface area contributed by atoms with E-state index in [2.05, 4.69) is 41.3 Å². The molecule has 0 bridgehead atoms. The molecule has 6 nitrogen and oxygen atoms in total. The minimum absolute atomic E-state index is 0. The van der Waals surface area contributed by atoms with E-state index in [4.69, 9.17) is 0 Å². The Labute approximate surface area is 171 Å². The largest absolute Gasteiger partial charge is 0.357 e. The number of likely N-dealkylation sites (tertiary alicyclic amines) is 1. The molecule has 8 heteroatoms. The summed E-state index contributed by atoms with van der Waals surface area (Å²) in [5.74, 6) is 1.32. The molecule has 2 unspecified atom stereocenters. The van der Waals surface area contributed by atoms with Gasteiger partial charge in [0.05, 0.1) is 17.0 Å². The first-order valence-corrected chi connectivity index (χ1v) is 10.6. The number of guanidine groups is 1. The molecule has 2 N–H and O–H groups in total. The molecule has 1 aliphatic rings. The Hall–Kier alpha value is -0.0900. The monoisotopic (exact) mass is 488 g/mol. The second-order valence-electron chi connectivity index (χ2n) is 7.97. The van der Waals surface area contributed by atoms with Gasteiger partial charge in [0, 0.05) is 31.7 Å². The van der Waals surface area contributed by atoms with Crippen molar-refractivity contribution in [1.29, 1.82) is 0 Å². The first-order valence-electron chi connectivity index (χ1n) is 8.99. The van der Waals surface area contributed by atoms with E-state index in [-0.39, 0.29) is 36.3 Å². The average molecular weight is 488 g/mol. The Morgan fingerprint density at radius 1 is 1.28 bits per heavy atom. The minimum Gasteiger partial charge on any atom is -0.357 e. The lowest BCUT2D eigenvalue weighted by Crippen LogP contribution is -2.47. The quantitative estimate of drug-likeness (QED) is 0.341. The van der Waals surface area contributed by atoms with Crippen LogP contribution >= 0.6 is 24.0 Å². The van der Waals surface area contributed by atoms with Crippen molar-refractivity contribution in [2.24, 2.45) is 10.9 Å². The third kappa shape index (κ3) is 7.58. The lowest BCUT2D eigenvalue weighted by Gasteiger charge is -2.22. The fourth-order valence-corrected chi connectivity index (χ4v) is 3.64. The Morgan fingerprint density at radius 2 is 1.88 bits per heavy atom. The summed E-state index contributed by atoms with van der Waals surface area (Å²) in [7, 11) is -3.14. The summed E-state index contributed by atoms with van der Waals surface area (Å²) in [4.78, 5) is 6.93. The molecule has 0 radical (unpaired) electrons. The zero-order valence-corrected chi connectivity index (χ0v) is 19.9. The van der Waals surface area contributed by atoms with Gasteiger partial charge in [0.2, 0.25) is 0 Å². The van der Waals surface area contributed by atoms with Gasteiger partial charge < -0.3 is 10.6 Å². The highest BCUT2D eigenvalue weighted by Crippen LogP contribution is 2.18. The van der Waals surface area contributed by atoms with Gasteiger partial charge in [0.1, 0.15) is 0 Å². The molecule has 25 heavy (non-hydrogen) atoms. The van der Waals surface area contributed by atoms with Crippen LogP contribution in [-0.4, -0.2) is 68.0 Å². The third-order valence-electron chi connectivity index (χ3n) is 4.60. The molecule has 1 saturated heterocycles. The van der Waals surface area contributed by atoms with Crippen LogP contribution in [0.25, 0.3) is 0 Å². The van der Waals surface area contributed by atoms with E-state index in [1.165, 1.54) is 0 Å². The number of nitrogens with one attached hydrogen (secondary N) is 2. The summed E-state index contributed by atoms with van der Waals surface area (Å²) in [5.41, 5.74) is 0. The smallest absolute Gasteiger partial charge is 0.191 e. The summed E-state index contributed by atoms with van der Waals surface area (Å²) in [6.45, 7) is 17.0. The Balaban J connectivity index is 0.00000576. The lowest BCUT2D eigenvalue weighted by atomic mass is 10.1. The van der Waals surface area contributed by atoms with E-state index in [0.717, 1.165) is 19.6 Å². The van der Waals surface area contributed by atoms with Crippen LogP contribution < -0.4 is 10.6 Å². The van der Waals surface area contributed by atoms with Gasteiger partial charge in [-0.2, -0.15) is 0 Å². The van der Waals surface area contributed by atoms with E-state index >= 15 is 0 Å². The van der Waals surface area contributed by atoms with Crippen molar-refractivity contribution in [2.75, 3.05) is 31.9 Å². The first kappa shape index (κ1) is 24.9. The third-order valence-corrected chi connectivity index (χ3v) is 7.19. The molecule has 0 aromatic heterocycles. The fourth-order valence-electron chi connectivity index (χ4n) is 2.69. The lowest BCUT2D eigenvalue weighted by molar-refractivity contribution is 0.265. The van der Waals surface area contributed by atoms with Crippen LogP contribution in [0.2, 0.25) is 0 Å². The normalized spacial score (nSPS) is 22.8. The second-order valence-corrected chi connectivity index (χ2v) is 10.8. The molecule has 1 fully saturated rings. The Kier molecular flexibility index (Phi) is 10.3. The number of sulfone groups is 1. The second kappa shape index (κ2) is 10.3. The summed E-state index contributed by atoms with van der Waals surface area (Å²) in [5, 5.41) is 6.70. The van der Waals surface area contributed by atoms with Crippen LogP contribution in [-0.2, 0) is 9.84 Å². The SMILES string of the molecule is CCNC(=NCCS(=O)(=O)C(C)(C)C)NC1CN(C(C)C)CC1C.I. The van der Waals surface area contributed by atoms with Gasteiger partial charge in [-0.1, -0.05) is 6.92 Å². The van der Waals surface area contributed by atoms with Gasteiger partial charge in [-0.3, -0.25) is 9.89 Å². The molecule has 1 heterocycles. The van der Waals surface area contributed by atoms with Crippen molar-refractivity contribution in [1.82, 2.24) is 15.5 Å². The van der Waals surface area contributed by atoms with Crippen LogP contribution in [0.15, 0.2) is 4.99 Å². The van der Waals surface area contributed by atoms with E-state index < -0.39 is 14.6 Å². The molecule has 1 aliphatic heterocycles. The fraction of sp³-hybridized carbons (Fsp3) is 0.941. The summed E-state index contributed by atoms with van der Waals surface area (Å²) in [6.07, 6.45) is 0. The topological polar surface area (TPSA) is 73.8 Å². The molecule has 150 valence electrons. The zero-order valence-electron chi connectivity index (χ0n) is 16.8. The molecular weight excluding hydrogens is 451 g/mol. The predicted octanol–water partition coefficient (Wildman–Crippen LogP) is 2.10. The molecule has 0 aromatic carbocycles. The zero-order chi connectivity index (χ0) is 18.5. The Morgan fingerprint density at radius 3 is 2.32 bits per heavy atom. The van der Waals surface area contributed by atoms with Gasteiger partial charge in [0.15, 0.2) is 15.8 Å². The van der Waals surface area contributed by atoms with Crippen molar-refractivity contribution in [2.45, 2.75) is 65.3 Å². The van der Waals surface area contributed by atoms with Crippen molar-refractivity contribution < 1.29 is 8.42 Å². The van der Waals surface area contributed by atoms with Crippen LogP contribution in [0.3, 0.4) is 0 Å². The number of rotatable bonds is 6. The van der Waals surface area contributed by atoms with Gasteiger partial charge in [-0.25, -0.2) is 8.42 Å². The highest BCUT2D eigenvalue weighted by Gasteiger charge is 2.31. The molecule has 0 spiro atoms. The summed E-state index contributed by atoms with van der Waals surface area (Å²) < 4.78 is 23.6. The van der Waals surface area contributed by atoms with Gasteiger partial charge >= 0.3 is 0 Å². The van der Waals surface area contributed by atoms with Crippen molar-refractivity contribution >= 4 is 39.8 Å². The molecule has 0 amide bonds. The number of hydrogen-bond acceptors (Lipinski definition) is 4. The molecule has 0 aromatic rings. The van der Waals surface area contributed by atoms with Gasteiger partial charge in [-0.15, -0.1) is 24.0 Å². The molecule has 0 saturated carbocycles. The van der Waals surface area contributed by atoms with E-state index in [0.29, 0.717) is 24.0 Å². The molecule has 0 aliphatic carbocycles. The maximum absolute atomic E-state index is 12.2. The Bertz CT molecular complexity index is 529. The van der Waals surface area contributed by atoms with Crippen LogP contribution in [0.5, 0.6) is 0 Å². The predicted molar refractivity (Wildman–Crippen MR) is 118 cm³/mol. The van der Waals surface area contributed by atoms with Crippen molar-refractivity contribution in [3.63, 3.8) is 0 Å². The number of nitrogens with zero attached hydrogens (tertiary/aromatic N) is 2. The van der Waals surface area contributed by atoms with Crippen LogP contribution in [0.1, 0.15) is 48.5 Å². The van der Waals surface area contributed by atoms with Crippen molar-refractivity contribution in [3.05, 3.63) is 0 Å². The minimum atomic E-state index is -3.14. The maximum Gasteiger partial charge on any atom is 0.191 e. The van der Waals surface area contributed by atoms with E-state index in [9.17, 15) is 8.42 Å². The summed E-state index contributed by atoms with van der Waals surface area (Å²) in [6, 6.07) is 0.875. The van der Waals surface area contributed by atoms with Gasteiger partial charge in [-0.05, 0) is 47.5 Å². The van der Waals surface area contributed by atoms with Gasteiger partial charge in [0.25, 0.3) is 0 Å². The van der Waals surface area contributed by atoms with E-state index in [1.807, 2.05) is 6.92 Å². The number of hydrogen-bond donors (Lipinski definition) is 2.